The Morgan fingerprint density at radius 2 is 2.11 bits per heavy atom. The van der Waals surface area contributed by atoms with E-state index in [2.05, 4.69) is 13.0 Å². The molecule has 0 aromatic heterocycles. The Morgan fingerprint density at radius 3 is 2.61 bits per heavy atom. The van der Waals surface area contributed by atoms with Crippen molar-refractivity contribution in [2.75, 3.05) is 0 Å². The Balaban J connectivity index is 2.37. The van der Waals surface area contributed by atoms with Gasteiger partial charge in [0.25, 0.3) is 0 Å². The topological polar surface area (TPSA) is 44.0 Å². The van der Waals surface area contributed by atoms with Crippen molar-refractivity contribution in [3.05, 3.63) is 35.9 Å². The second-order valence-electron chi connectivity index (χ2n) is 5.65. The second-order valence-corrected chi connectivity index (χ2v) is 5.65. The first-order valence-electron chi connectivity index (χ1n) is 6.75. The van der Waals surface area contributed by atoms with Gasteiger partial charge in [0.1, 0.15) is 5.60 Å². The van der Waals surface area contributed by atoms with E-state index in [0.29, 0.717) is 5.92 Å². The molecule has 1 saturated carbocycles. The lowest BCUT2D eigenvalue weighted by atomic mass is 9.68. The maximum absolute atomic E-state index is 10.9. The second kappa shape index (κ2) is 4.74. The zero-order chi connectivity index (χ0) is 13.2. The van der Waals surface area contributed by atoms with Crippen LogP contribution in [0.4, 0.5) is 0 Å². The van der Waals surface area contributed by atoms with Gasteiger partial charge in [0.2, 0.25) is 0 Å². The fraction of sp³-hybridized carbons (Fsp3) is 0.562. The van der Waals surface area contributed by atoms with Gasteiger partial charge in [-0.05, 0) is 37.7 Å². The van der Waals surface area contributed by atoms with Crippen molar-refractivity contribution in [1.82, 2.24) is 0 Å². The highest BCUT2D eigenvalue weighted by Gasteiger charge is 2.52. The normalized spacial score (nSPS) is 30.7. The molecule has 18 heavy (non-hydrogen) atoms. The predicted octanol–water partition coefficient (Wildman–Crippen LogP) is 3.61. The summed E-state index contributed by atoms with van der Waals surface area (Å²) >= 11 is 0. The van der Waals surface area contributed by atoms with Gasteiger partial charge in [-0.1, -0.05) is 43.7 Å². The summed E-state index contributed by atoms with van der Waals surface area (Å²) in [6, 6.07) is 12.0. The minimum atomic E-state index is -1.06. The molecule has 0 saturated heterocycles. The number of rotatable bonds is 3. The van der Waals surface area contributed by atoms with E-state index in [1.807, 2.05) is 30.3 Å². The molecule has 1 aliphatic rings. The maximum atomic E-state index is 10.9. The summed E-state index contributed by atoms with van der Waals surface area (Å²) in [4.78, 5) is 0. The van der Waals surface area contributed by atoms with Gasteiger partial charge in [-0.2, -0.15) is 5.26 Å². The molecule has 1 aromatic rings. The Labute approximate surface area is 109 Å². The number of benzene rings is 1. The Morgan fingerprint density at radius 1 is 1.44 bits per heavy atom. The molecule has 2 rings (SSSR count). The molecule has 0 amide bonds. The van der Waals surface area contributed by atoms with Crippen LogP contribution in [0.15, 0.2) is 30.3 Å². The molecular weight excluding hydrogens is 222 g/mol. The van der Waals surface area contributed by atoms with E-state index >= 15 is 0 Å². The van der Waals surface area contributed by atoms with Crippen molar-refractivity contribution >= 4 is 0 Å². The molecule has 1 aliphatic carbocycles. The third kappa shape index (κ3) is 1.93. The van der Waals surface area contributed by atoms with Crippen LogP contribution in [-0.2, 0) is 5.60 Å². The summed E-state index contributed by atoms with van der Waals surface area (Å²) in [5.74, 6) is 0.569. The lowest BCUT2D eigenvalue weighted by Crippen LogP contribution is -2.41. The smallest absolute Gasteiger partial charge is 0.105 e. The monoisotopic (exact) mass is 243 g/mol. The molecule has 96 valence electrons. The Bertz CT molecular complexity index is 446. The minimum absolute atomic E-state index is 0.569. The first kappa shape index (κ1) is 13.1. The first-order chi connectivity index (χ1) is 8.55. The standard InChI is InChI=1S/C16H21NO/c1-3-13-9-10-16(11-13,12-17)15(2,18)14-7-5-4-6-8-14/h4-8,13,18H,3,9-11H2,1-2H3. The molecule has 0 radical (unpaired) electrons. The SMILES string of the molecule is CCC1CCC(C#N)(C(C)(O)c2ccccc2)C1. The van der Waals surface area contributed by atoms with Gasteiger partial charge in [-0.3, -0.25) is 0 Å². The third-order valence-corrected chi connectivity index (χ3v) is 4.68. The summed E-state index contributed by atoms with van der Waals surface area (Å²) < 4.78 is 0. The molecule has 0 aliphatic heterocycles. The molecule has 1 fully saturated rings. The zero-order valence-corrected chi connectivity index (χ0v) is 11.2. The van der Waals surface area contributed by atoms with Gasteiger partial charge in [0, 0.05) is 0 Å². The van der Waals surface area contributed by atoms with Crippen LogP contribution in [0.2, 0.25) is 0 Å². The lowest BCUT2D eigenvalue weighted by molar-refractivity contribution is -0.0442. The van der Waals surface area contributed by atoms with E-state index in [4.69, 9.17) is 0 Å². The van der Waals surface area contributed by atoms with Crippen LogP contribution >= 0.6 is 0 Å². The van der Waals surface area contributed by atoms with Crippen LogP contribution in [0.1, 0.15) is 45.1 Å². The highest BCUT2D eigenvalue weighted by Crippen LogP contribution is 2.53. The van der Waals surface area contributed by atoms with Crippen molar-refractivity contribution in [2.24, 2.45) is 11.3 Å². The van der Waals surface area contributed by atoms with Gasteiger partial charge >= 0.3 is 0 Å². The van der Waals surface area contributed by atoms with E-state index in [0.717, 1.165) is 31.2 Å². The van der Waals surface area contributed by atoms with Crippen LogP contribution in [0.3, 0.4) is 0 Å². The van der Waals surface area contributed by atoms with Crippen molar-refractivity contribution in [2.45, 2.75) is 45.1 Å². The quantitative estimate of drug-likeness (QED) is 0.881. The van der Waals surface area contributed by atoms with Crippen molar-refractivity contribution in [3.8, 4) is 6.07 Å². The number of nitriles is 1. The third-order valence-electron chi connectivity index (χ3n) is 4.68. The van der Waals surface area contributed by atoms with Crippen LogP contribution in [0.25, 0.3) is 0 Å². The number of nitrogens with zero attached hydrogens (tertiary/aromatic N) is 1. The van der Waals surface area contributed by atoms with Crippen LogP contribution < -0.4 is 0 Å². The predicted molar refractivity (Wildman–Crippen MR) is 71.7 cm³/mol. The van der Waals surface area contributed by atoms with E-state index in [-0.39, 0.29) is 0 Å². The van der Waals surface area contributed by atoms with E-state index in [1.54, 1.807) is 6.92 Å². The van der Waals surface area contributed by atoms with Crippen molar-refractivity contribution in [3.63, 3.8) is 0 Å². The molecule has 0 heterocycles. The molecular formula is C16H21NO. The highest BCUT2D eigenvalue weighted by atomic mass is 16.3. The lowest BCUT2D eigenvalue weighted by Gasteiger charge is -2.38. The number of aliphatic hydroxyl groups is 1. The zero-order valence-electron chi connectivity index (χ0n) is 11.2. The van der Waals surface area contributed by atoms with Gasteiger partial charge in [-0.25, -0.2) is 0 Å². The van der Waals surface area contributed by atoms with Crippen LogP contribution in [0.5, 0.6) is 0 Å². The molecule has 3 unspecified atom stereocenters. The number of hydrogen-bond acceptors (Lipinski definition) is 2. The first-order valence-corrected chi connectivity index (χ1v) is 6.75. The number of hydrogen-bond donors (Lipinski definition) is 1. The molecule has 1 aromatic carbocycles. The van der Waals surface area contributed by atoms with Crippen molar-refractivity contribution in [1.29, 1.82) is 5.26 Å². The van der Waals surface area contributed by atoms with E-state index in [9.17, 15) is 10.4 Å². The molecule has 1 N–H and O–H groups in total. The minimum Gasteiger partial charge on any atom is -0.384 e. The fourth-order valence-corrected chi connectivity index (χ4v) is 3.19. The summed E-state index contributed by atoms with van der Waals surface area (Å²) in [5.41, 5.74) is -0.842. The van der Waals surface area contributed by atoms with Gasteiger partial charge in [0.15, 0.2) is 0 Å². The summed E-state index contributed by atoms with van der Waals surface area (Å²) in [6.07, 6.45) is 3.74. The summed E-state index contributed by atoms with van der Waals surface area (Å²) in [5, 5.41) is 20.5. The van der Waals surface area contributed by atoms with Crippen LogP contribution in [-0.4, -0.2) is 5.11 Å². The Hall–Kier alpha value is -1.33. The van der Waals surface area contributed by atoms with Crippen LogP contribution in [0, 0.1) is 22.7 Å². The highest BCUT2D eigenvalue weighted by molar-refractivity contribution is 5.29. The van der Waals surface area contributed by atoms with Gasteiger partial charge in [-0.15, -0.1) is 0 Å². The molecule has 2 nitrogen and oxygen atoms in total. The average molecular weight is 243 g/mol. The molecule has 2 heteroatoms. The van der Waals surface area contributed by atoms with E-state index in [1.165, 1.54) is 0 Å². The van der Waals surface area contributed by atoms with E-state index < -0.39 is 11.0 Å². The fourth-order valence-electron chi connectivity index (χ4n) is 3.19. The van der Waals surface area contributed by atoms with Crippen molar-refractivity contribution < 1.29 is 5.11 Å². The molecule has 0 bridgehead atoms. The summed E-state index contributed by atoms with van der Waals surface area (Å²) in [7, 11) is 0. The van der Waals surface area contributed by atoms with Gasteiger partial charge in [0.05, 0.1) is 11.5 Å². The summed E-state index contributed by atoms with van der Waals surface area (Å²) in [6.45, 7) is 3.96. The molecule has 3 atom stereocenters. The largest absolute Gasteiger partial charge is 0.384 e. The molecule has 0 spiro atoms. The maximum Gasteiger partial charge on any atom is 0.105 e. The van der Waals surface area contributed by atoms with Gasteiger partial charge < -0.3 is 5.11 Å². The average Bonchev–Trinajstić information content (AvgIpc) is 2.85. The Kier molecular flexibility index (Phi) is 3.45.